The fraction of sp³-hybridized carbons (Fsp3) is 0.357. The summed E-state index contributed by atoms with van der Waals surface area (Å²) in [7, 11) is 0. The average Bonchev–Trinajstić information content (AvgIpc) is 2.52. The van der Waals surface area contributed by atoms with Crippen LogP contribution in [0, 0.1) is 20.8 Å². The zero-order chi connectivity index (χ0) is 12.7. The monoisotopic (exact) mass is 231 g/mol. The number of hydrogen-bond acceptors (Lipinski definition) is 1. The van der Waals surface area contributed by atoms with Crippen molar-refractivity contribution < 1.29 is 9.90 Å². The lowest BCUT2D eigenvalue weighted by Gasteiger charge is -2.07. The number of carboxylic acid groups (broad SMARTS) is 1. The number of carboxylic acids is 1. The minimum Gasteiger partial charge on any atom is -0.477 e. The molecule has 1 aromatic heterocycles. The molecule has 2 rings (SSSR count). The van der Waals surface area contributed by atoms with Gasteiger partial charge in [0.2, 0.25) is 0 Å². The van der Waals surface area contributed by atoms with E-state index >= 15 is 0 Å². The summed E-state index contributed by atoms with van der Waals surface area (Å²) in [5.74, 6) is -0.849. The molecule has 0 saturated carbocycles. The maximum atomic E-state index is 11.3. The standard InChI is InChI=1S/C14H17NO2/c1-5-15-12-9(3)6-8(2)7-11(12)10(4)13(15)14(16)17/h6-7H,5H2,1-4H3,(H,16,17). The second-order valence-electron chi connectivity index (χ2n) is 4.50. The van der Waals surface area contributed by atoms with E-state index < -0.39 is 5.97 Å². The normalized spacial score (nSPS) is 11.1. The molecule has 90 valence electrons. The van der Waals surface area contributed by atoms with Gasteiger partial charge in [-0.15, -0.1) is 0 Å². The number of benzene rings is 1. The zero-order valence-corrected chi connectivity index (χ0v) is 10.7. The van der Waals surface area contributed by atoms with Crippen LogP contribution in [0.15, 0.2) is 12.1 Å². The van der Waals surface area contributed by atoms with Gasteiger partial charge in [0.1, 0.15) is 5.69 Å². The highest BCUT2D eigenvalue weighted by atomic mass is 16.4. The van der Waals surface area contributed by atoms with E-state index in [1.54, 1.807) is 0 Å². The Labute approximate surface area is 101 Å². The molecule has 3 nitrogen and oxygen atoms in total. The smallest absolute Gasteiger partial charge is 0.352 e. The van der Waals surface area contributed by atoms with Crippen LogP contribution >= 0.6 is 0 Å². The van der Waals surface area contributed by atoms with Gasteiger partial charge in [-0.1, -0.05) is 11.6 Å². The quantitative estimate of drug-likeness (QED) is 0.861. The van der Waals surface area contributed by atoms with Gasteiger partial charge in [-0.2, -0.15) is 0 Å². The van der Waals surface area contributed by atoms with E-state index in [4.69, 9.17) is 0 Å². The number of aromatic carboxylic acids is 1. The van der Waals surface area contributed by atoms with Crippen molar-refractivity contribution in [3.63, 3.8) is 0 Å². The van der Waals surface area contributed by atoms with Gasteiger partial charge in [-0.25, -0.2) is 4.79 Å². The molecule has 0 saturated heterocycles. The van der Waals surface area contributed by atoms with Crippen molar-refractivity contribution in [3.05, 3.63) is 34.5 Å². The molecule has 0 atom stereocenters. The largest absolute Gasteiger partial charge is 0.477 e. The van der Waals surface area contributed by atoms with Gasteiger partial charge in [0.15, 0.2) is 0 Å². The number of carbonyl (C=O) groups is 1. The van der Waals surface area contributed by atoms with Crippen molar-refractivity contribution in [2.45, 2.75) is 34.2 Å². The second-order valence-corrected chi connectivity index (χ2v) is 4.50. The minimum atomic E-state index is -0.849. The molecular formula is C14H17NO2. The molecule has 0 amide bonds. The third-order valence-electron chi connectivity index (χ3n) is 3.26. The fourth-order valence-electron chi connectivity index (χ4n) is 2.64. The number of fused-ring (bicyclic) bond motifs is 1. The van der Waals surface area contributed by atoms with E-state index in [-0.39, 0.29) is 0 Å². The highest BCUT2D eigenvalue weighted by Gasteiger charge is 2.19. The van der Waals surface area contributed by atoms with Crippen LogP contribution in [-0.4, -0.2) is 15.6 Å². The fourth-order valence-corrected chi connectivity index (χ4v) is 2.64. The first-order chi connectivity index (χ1) is 7.97. The first-order valence-electron chi connectivity index (χ1n) is 5.80. The summed E-state index contributed by atoms with van der Waals surface area (Å²) in [6.07, 6.45) is 0. The number of rotatable bonds is 2. The van der Waals surface area contributed by atoms with Crippen molar-refractivity contribution in [1.82, 2.24) is 4.57 Å². The number of aryl methyl sites for hydroxylation is 4. The van der Waals surface area contributed by atoms with Crippen LogP contribution in [0.2, 0.25) is 0 Å². The Hall–Kier alpha value is -1.77. The summed E-state index contributed by atoms with van der Waals surface area (Å²) >= 11 is 0. The number of aromatic nitrogens is 1. The van der Waals surface area contributed by atoms with Crippen LogP contribution in [0.25, 0.3) is 10.9 Å². The summed E-state index contributed by atoms with van der Waals surface area (Å²) < 4.78 is 1.89. The first-order valence-corrected chi connectivity index (χ1v) is 5.80. The lowest BCUT2D eigenvalue weighted by molar-refractivity contribution is 0.0685. The van der Waals surface area contributed by atoms with E-state index in [1.165, 1.54) is 5.56 Å². The van der Waals surface area contributed by atoms with Crippen molar-refractivity contribution in [2.75, 3.05) is 0 Å². The van der Waals surface area contributed by atoms with E-state index in [0.29, 0.717) is 12.2 Å². The number of nitrogens with zero attached hydrogens (tertiary/aromatic N) is 1. The molecule has 3 heteroatoms. The molecule has 0 radical (unpaired) electrons. The van der Waals surface area contributed by atoms with Gasteiger partial charge in [0.05, 0.1) is 5.52 Å². The van der Waals surface area contributed by atoms with E-state index in [2.05, 4.69) is 12.1 Å². The molecule has 1 heterocycles. The molecule has 0 aliphatic rings. The first kappa shape index (κ1) is 11.7. The summed E-state index contributed by atoms with van der Waals surface area (Å²) in [5, 5.41) is 10.4. The van der Waals surface area contributed by atoms with Crippen LogP contribution in [0.4, 0.5) is 0 Å². The Kier molecular flexibility index (Phi) is 2.69. The van der Waals surface area contributed by atoms with Crippen LogP contribution in [0.5, 0.6) is 0 Å². The molecule has 1 N–H and O–H groups in total. The summed E-state index contributed by atoms with van der Waals surface area (Å²) in [5.41, 5.74) is 4.63. The van der Waals surface area contributed by atoms with Crippen LogP contribution in [0.1, 0.15) is 34.1 Å². The molecular weight excluding hydrogens is 214 g/mol. The molecule has 0 unspecified atom stereocenters. The van der Waals surface area contributed by atoms with Gasteiger partial charge >= 0.3 is 5.97 Å². The van der Waals surface area contributed by atoms with Crippen molar-refractivity contribution in [1.29, 1.82) is 0 Å². The van der Waals surface area contributed by atoms with E-state index in [0.717, 1.165) is 22.0 Å². The Balaban J connectivity index is 2.99. The molecule has 0 aliphatic carbocycles. The van der Waals surface area contributed by atoms with Gasteiger partial charge in [-0.05, 0) is 44.9 Å². The molecule has 0 bridgehead atoms. The molecule has 17 heavy (non-hydrogen) atoms. The Morgan fingerprint density at radius 2 is 1.94 bits per heavy atom. The average molecular weight is 231 g/mol. The van der Waals surface area contributed by atoms with Crippen LogP contribution in [0.3, 0.4) is 0 Å². The van der Waals surface area contributed by atoms with Crippen molar-refractivity contribution >= 4 is 16.9 Å². The Bertz CT molecular complexity index is 608. The lowest BCUT2D eigenvalue weighted by atomic mass is 10.1. The molecule has 0 fully saturated rings. The SMILES string of the molecule is CCn1c(C(=O)O)c(C)c2cc(C)cc(C)c21. The Morgan fingerprint density at radius 1 is 1.29 bits per heavy atom. The Morgan fingerprint density at radius 3 is 2.47 bits per heavy atom. The van der Waals surface area contributed by atoms with Gasteiger partial charge < -0.3 is 9.67 Å². The topological polar surface area (TPSA) is 42.2 Å². The summed E-state index contributed by atoms with van der Waals surface area (Å²) in [4.78, 5) is 11.3. The minimum absolute atomic E-state index is 0.413. The van der Waals surface area contributed by atoms with E-state index in [1.807, 2.05) is 32.3 Å². The van der Waals surface area contributed by atoms with Crippen LogP contribution in [-0.2, 0) is 6.54 Å². The molecule has 0 aliphatic heterocycles. The zero-order valence-electron chi connectivity index (χ0n) is 10.7. The van der Waals surface area contributed by atoms with Gasteiger partial charge in [-0.3, -0.25) is 0 Å². The second kappa shape index (κ2) is 3.91. The number of hydrogen-bond donors (Lipinski definition) is 1. The lowest BCUT2D eigenvalue weighted by Crippen LogP contribution is -2.08. The third-order valence-corrected chi connectivity index (χ3v) is 3.26. The maximum absolute atomic E-state index is 11.3. The summed E-state index contributed by atoms with van der Waals surface area (Å²) in [6, 6.07) is 4.16. The predicted octanol–water partition coefficient (Wildman–Crippen LogP) is 3.28. The summed E-state index contributed by atoms with van der Waals surface area (Å²) in [6.45, 7) is 8.61. The molecule has 0 spiro atoms. The highest BCUT2D eigenvalue weighted by molar-refractivity contribution is 5.99. The van der Waals surface area contributed by atoms with E-state index in [9.17, 15) is 9.90 Å². The van der Waals surface area contributed by atoms with Crippen LogP contribution < -0.4 is 0 Å². The molecule has 1 aromatic carbocycles. The third kappa shape index (κ3) is 1.62. The maximum Gasteiger partial charge on any atom is 0.352 e. The van der Waals surface area contributed by atoms with Gasteiger partial charge in [0, 0.05) is 11.9 Å². The molecule has 2 aromatic rings. The van der Waals surface area contributed by atoms with Crippen molar-refractivity contribution in [3.8, 4) is 0 Å². The van der Waals surface area contributed by atoms with Gasteiger partial charge in [0.25, 0.3) is 0 Å². The highest BCUT2D eigenvalue weighted by Crippen LogP contribution is 2.29. The predicted molar refractivity (Wildman–Crippen MR) is 68.8 cm³/mol. The van der Waals surface area contributed by atoms with Crippen molar-refractivity contribution in [2.24, 2.45) is 0 Å².